The van der Waals surface area contributed by atoms with Gasteiger partial charge in [0.1, 0.15) is 0 Å². The van der Waals surface area contributed by atoms with Crippen LogP contribution in [0.3, 0.4) is 0 Å². The molecular weight excluding hydrogens is 241 g/mol. The molecule has 0 saturated carbocycles. The minimum Gasteiger partial charge on any atom is -0.367 e. The monoisotopic (exact) mass is 256 g/mol. The fourth-order valence-electron chi connectivity index (χ4n) is 2.89. The Labute approximate surface area is 104 Å². The number of halogens is 3. The summed E-state index contributed by atoms with van der Waals surface area (Å²) in [6.45, 7) is 2.77. The molecule has 1 N–H and O–H groups in total. The van der Waals surface area contributed by atoms with Crippen LogP contribution in [0.15, 0.2) is 18.2 Å². The molecule has 3 rings (SSSR count). The van der Waals surface area contributed by atoms with E-state index < -0.39 is 11.7 Å². The average molecular weight is 256 g/mol. The molecule has 1 aromatic rings. The molecule has 2 nitrogen and oxygen atoms in total. The molecule has 0 amide bonds. The van der Waals surface area contributed by atoms with E-state index in [0.717, 1.165) is 37.3 Å². The van der Waals surface area contributed by atoms with E-state index in [1.54, 1.807) is 6.07 Å². The number of nitrogens with zero attached hydrogens (tertiary/aromatic N) is 1. The maximum atomic E-state index is 12.7. The predicted octanol–water partition coefficient (Wildman–Crippen LogP) is 2.43. The normalized spacial score (nSPS) is 23.5. The Morgan fingerprint density at radius 2 is 2.11 bits per heavy atom. The van der Waals surface area contributed by atoms with E-state index in [0.29, 0.717) is 12.5 Å². The minimum atomic E-state index is -4.24. The number of fused-ring (bicyclic) bond motifs is 3. The van der Waals surface area contributed by atoms with E-state index in [4.69, 9.17) is 0 Å². The fourth-order valence-corrected chi connectivity index (χ4v) is 2.89. The Balaban J connectivity index is 1.94. The second kappa shape index (κ2) is 4.16. The van der Waals surface area contributed by atoms with Gasteiger partial charge in [-0.2, -0.15) is 13.2 Å². The molecule has 2 aliphatic rings. The molecule has 0 aromatic heterocycles. The highest BCUT2D eigenvalue weighted by atomic mass is 19.4. The molecule has 0 radical (unpaired) electrons. The number of benzene rings is 1. The second-order valence-corrected chi connectivity index (χ2v) is 4.95. The van der Waals surface area contributed by atoms with Gasteiger partial charge in [-0.05, 0) is 43.1 Å². The maximum Gasteiger partial charge on any atom is 0.416 e. The predicted molar refractivity (Wildman–Crippen MR) is 63.8 cm³/mol. The van der Waals surface area contributed by atoms with Gasteiger partial charge in [-0.15, -0.1) is 0 Å². The molecule has 0 bridgehead atoms. The van der Waals surface area contributed by atoms with Gasteiger partial charge in [0.2, 0.25) is 0 Å². The third-order valence-corrected chi connectivity index (χ3v) is 3.75. The Bertz CT molecular complexity index is 456. The summed E-state index contributed by atoms with van der Waals surface area (Å²) in [6.07, 6.45) is -2.49. The van der Waals surface area contributed by atoms with Crippen molar-refractivity contribution < 1.29 is 13.2 Å². The highest BCUT2D eigenvalue weighted by Gasteiger charge is 2.35. The molecule has 1 unspecified atom stereocenters. The summed E-state index contributed by atoms with van der Waals surface area (Å²) in [5.74, 6) is 0. The van der Waals surface area contributed by atoms with Crippen LogP contribution in [0.4, 0.5) is 18.9 Å². The van der Waals surface area contributed by atoms with Crippen LogP contribution in [0.5, 0.6) is 0 Å². The molecule has 98 valence electrons. The molecular formula is C13H15F3N2. The Morgan fingerprint density at radius 1 is 1.28 bits per heavy atom. The smallest absolute Gasteiger partial charge is 0.367 e. The van der Waals surface area contributed by atoms with Crippen LogP contribution in [0.2, 0.25) is 0 Å². The number of hydrogen-bond acceptors (Lipinski definition) is 2. The van der Waals surface area contributed by atoms with Gasteiger partial charge in [0, 0.05) is 24.8 Å². The zero-order chi connectivity index (χ0) is 12.8. The first kappa shape index (κ1) is 11.8. The van der Waals surface area contributed by atoms with Crippen LogP contribution in [0, 0.1) is 0 Å². The molecule has 5 heteroatoms. The standard InChI is InChI=1S/C13H15F3N2/c14-13(15,16)10-2-3-12-9(6-10)7-11-8-17-4-1-5-18(11)12/h2-3,6,11,17H,1,4-5,7-8H2. The van der Waals surface area contributed by atoms with Crippen molar-refractivity contribution in [3.8, 4) is 0 Å². The summed E-state index contributed by atoms with van der Waals surface area (Å²) in [7, 11) is 0. The van der Waals surface area contributed by atoms with E-state index in [1.165, 1.54) is 12.1 Å². The van der Waals surface area contributed by atoms with Crippen molar-refractivity contribution in [2.45, 2.75) is 25.1 Å². The highest BCUT2D eigenvalue weighted by molar-refractivity contribution is 5.61. The zero-order valence-corrected chi connectivity index (χ0v) is 9.93. The molecule has 0 spiro atoms. The van der Waals surface area contributed by atoms with Gasteiger partial charge < -0.3 is 10.2 Å². The van der Waals surface area contributed by atoms with Crippen molar-refractivity contribution in [2.24, 2.45) is 0 Å². The molecule has 1 atom stereocenters. The first-order chi connectivity index (χ1) is 8.55. The first-order valence-corrected chi connectivity index (χ1v) is 6.23. The third kappa shape index (κ3) is 1.96. The van der Waals surface area contributed by atoms with Gasteiger partial charge >= 0.3 is 6.18 Å². The first-order valence-electron chi connectivity index (χ1n) is 6.23. The lowest BCUT2D eigenvalue weighted by molar-refractivity contribution is -0.137. The van der Waals surface area contributed by atoms with E-state index >= 15 is 0 Å². The summed E-state index contributed by atoms with van der Waals surface area (Å²) in [6, 6.07) is 4.44. The number of hydrogen-bond donors (Lipinski definition) is 1. The molecule has 2 heterocycles. The van der Waals surface area contributed by atoms with Gasteiger partial charge in [0.05, 0.1) is 5.56 Å². The quantitative estimate of drug-likeness (QED) is 0.767. The lowest BCUT2D eigenvalue weighted by Crippen LogP contribution is -2.36. The molecule has 1 fully saturated rings. The van der Waals surface area contributed by atoms with Crippen molar-refractivity contribution in [1.29, 1.82) is 0 Å². The number of alkyl halides is 3. The average Bonchev–Trinajstić information content (AvgIpc) is 2.50. The van der Waals surface area contributed by atoms with Gasteiger partial charge in [0.15, 0.2) is 0 Å². The van der Waals surface area contributed by atoms with E-state index in [9.17, 15) is 13.2 Å². The second-order valence-electron chi connectivity index (χ2n) is 4.95. The number of rotatable bonds is 0. The summed E-state index contributed by atoms with van der Waals surface area (Å²) < 4.78 is 38.0. The largest absolute Gasteiger partial charge is 0.416 e. The summed E-state index contributed by atoms with van der Waals surface area (Å²) in [5, 5.41) is 3.33. The fraction of sp³-hybridized carbons (Fsp3) is 0.538. The lowest BCUT2D eigenvalue weighted by Gasteiger charge is -2.24. The van der Waals surface area contributed by atoms with E-state index in [2.05, 4.69) is 10.2 Å². The number of nitrogens with one attached hydrogen (secondary N) is 1. The summed E-state index contributed by atoms with van der Waals surface area (Å²) in [4.78, 5) is 2.25. The molecule has 2 aliphatic heterocycles. The van der Waals surface area contributed by atoms with Crippen molar-refractivity contribution >= 4 is 5.69 Å². The highest BCUT2D eigenvalue weighted by Crippen LogP contribution is 2.37. The maximum absolute atomic E-state index is 12.7. The number of anilines is 1. The van der Waals surface area contributed by atoms with Crippen molar-refractivity contribution in [1.82, 2.24) is 5.32 Å². The molecule has 18 heavy (non-hydrogen) atoms. The van der Waals surface area contributed by atoms with Crippen LogP contribution in [-0.2, 0) is 12.6 Å². The van der Waals surface area contributed by atoms with Crippen molar-refractivity contribution in [3.05, 3.63) is 29.3 Å². The van der Waals surface area contributed by atoms with Crippen LogP contribution >= 0.6 is 0 Å². The minimum absolute atomic E-state index is 0.311. The van der Waals surface area contributed by atoms with Crippen LogP contribution in [0.1, 0.15) is 17.5 Å². The van der Waals surface area contributed by atoms with Gasteiger partial charge in [-0.25, -0.2) is 0 Å². The van der Waals surface area contributed by atoms with Crippen LogP contribution < -0.4 is 10.2 Å². The molecule has 1 aromatic carbocycles. The zero-order valence-electron chi connectivity index (χ0n) is 9.93. The summed E-state index contributed by atoms with van der Waals surface area (Å²) >= 11 is 0. The van der Waals surface area contributed by atoms with Gasteiger partial charge in [0.25, 0.3) is 0 Å². The Morgan fingerprint density at radius 3 is 2.89 bits per heavy atom. The third-order valence-electron chi connectivity index (χ3n) is 3.75. The van der Waals surface area contributed by atoms with Crippen LogP contribution in [-0.4, -0.2) is 25.7 Å². The van der Waals surface area contributed by atoms with Crippen molar-refractivity contribution in [2.75, 3.05) is 24.5 Å². The topological polar surface area (TPSA) is 15.3 Å². The van der Waals surface area contributed by atoms with E-state index in [1.807, 2.05) is 0 Å². The van der Waals surface area contributed by atoms with E-state index in [-0.39, 0.29) is 0 Å². The lowest BCUT2D eigenvalue weighted by atomic mass is 10.1. The Kier molecular flexibility index (Phi) is 2.73. The van der Waals surface area contributed by atoms with Crippen molar-refractivity contribution in [3.63, 3.8) is 0 Å². The molecule has 0 aliphatic carbocycles. The Hall–Kier alpha value is -1.23. The SMILES string of the molecule is FC(F)(F)c1ccc2c(c1)CC1CNCCCN21. The van der Waals surface area contributed by atoms with Gasteiger partial charge in [-0.1, -0.05) is 0 Å². The molecule has 1 saturated heterocycles. The van der Waals surface area contributed by atoms with Gasteiger partial charge in [-0.3, -0.25) is 0 Å². The summed E-state index contributed by atoms with van der Waals surface area (Å²) in [5.41, 5.74) is 1.28. The van der Waals surface area contributed by atoms with Crippen LogP contribution in [0.25, 0.3) is 0 Å².